The maximum atomic E-state index is 8.29. The van der Waals surface area contributed by atoms with Crippen LogP contribution in [0, 0.1) is 0 Å². The highest BCUT2D eigenvalue weighted by atomic mass is 16.4. The van der Waals surface area contributed by atoms with Gasteiger partial charge in [-0.25, -0.2) is 0 Å². The largest absolute Gasteiger partial charge is 0.409 e. The number of hydrogen-bond acceptors (Lipinski definition) is 4. The van der Waals surface area contributed by atoms with Gasteiger partial charge in [-0.05, 0) is 19.0 Å². The van der Waals surface area contributed by atoms with E-state index in [2.05, 4.69) is 15.6 Å². The Morgan fingerprint density at radius 2 is 2.40 bits per heavy atom. The van der Waals surface area contributed by atoms with E-state index in [1.165, 1.54) is 0 Å². The fourth-order valence-electron chi connectivity index (χ4n) is 1.19. The van der Waals surface area contributed by atoms with Crippen LogP contribution in [0.15, 0.2) is 23.6 Å². The molecule has 0 aliphatic carbocycles. The van der Waals surface area contributed by atoms with Gasteiger partial charge in [0.25, 0.3) is 0 Å². The van der Waals surface area contributed by atoms with Crippen molar-refractivity contribution in [3.05, 3.63) is 18.5 Å². The molecule has 0 saturated carbocycles. The third-order valence-electron chi connectivity index (χ3n) is 1.99. The second-order valence-corrected chi connectivity index (χ2v) is 3.21. The van der Waals surface area contributed by atoms with E-state index in [9.17, 15) is 0 Å². The Morgan fingerprint density at radius 1 is 1.53 bits per heavy atom. The summed E-state index contributed by atoms with van der Waals surface area (Å²) >= 11 is 0. The van der Waals surface area contributed by atoms with E-state index in [4.69, 9.17) is 10.9 Å². The summed E-state index contributed by atoms with van der Waals surface area (Å²) in [6, 6.07) is 1.91. The Morgan fingerprint density at radius 3 is 3.07 bits per heavy atom. The van der Waals surface area contributed by atoms with E-state index >= 15 is 0 Å². The van der Waals surface area contributed by atoms with Crippen molar-refractivity contribution in [2.24, 2.45) is 10.9 Å². The Kier molecular flexibility index (Phi) is 5.24. The lowest BCUT2D eigenvalue weighted by Crippen LogP contribution is -2.23. The third kappa shape index (κ3) is 5.02. The third-order valence-corrected chi connectivity index (χ3v) is 1.99. The van der Waals surface area contributed by atoms with Crippen LogP contribution < -0.4 is 11.1 Å². The minimum Gasteiger partial charge on any atom is -0.409 e. The Labute approximate surface area is 88.8 Å². The predicted molar refractivity (Wildman–Crippen MR) is 57.7 cm³/mol. The molecule has 0 spiro atoms. The first-order valence-electron chi connectivity index (χ1n) is 4.97. The average Bonchev–Trinajstić information content (AvgIpc) is 2.75. The molecule has 1 aromatic rings. The maximum Gasteiger partial charge on any atom is 0.140 e. The molecular weight excluding hydrogens is 194 g/mol. The number of amidine groups is 1. The highest BCUT2D eigenvalue weighted by Gasteiger charge is 1.93. The first-order chi connectivity index (χ1) is 7.33. The maximum absolute atomic E-state index is 8.29. The molecule has 0 aromatic carbocycles. The molecule has 84 valence electrons. The normalized spacial score (nSPS) is 11.9. The first-order valence-corrected chi connectivity index (χ1v) is 4.97. The molecule has 4 N–H and O–H groups in total. The number of aromatic nitrogens is 2. The van der Waals surface area contributed by atoms with Crippen molar-refractivity contribution in [2.45, 2.75) is 19.4 Å². The van der Waals surface area contributed by atoms with E-state index < -0.39 is 0 Å². The Hall–Kier alpha value is -1.56. The van der Waals surface area contributed by atoms with Crippen LogP contribution in [0.1, 0.15) is 12.8 Å². The summed E-state index contributed by atoms with van der Waals surface area (Å²) in [5.41, 5.74) is 5.31. The lowest BCUT2D eigenvalue weighted by atomic mass is 10.3. The van der Waals surface area contributed by atoms with E-state index in [-0.39, 0.29) is 5.84 Å². The molecule has 0 bridgehead atoms. The van der Waals surface area contributed by atoms with Gasteiger partial charge in [0, 0.05) is 31.9 Å². The van der Waals surface area contributed by atoms with Gasteiger partial charge in [0.1, 0.15) is 5.84 Å². The zero-order chi connectivity index (χ0) is 10.9. The van der Waals surface area contributed by atoms with Crippen molar-refractivity contribution >= 4 is 5.84 Å². The smallest absolute Gasteiger partial charge is 0.140 e. The van der Waals surface area contributed by atoms with Crippen LogP contribution in [0.5, 0.6) is 0 Å². The van der Waals surface area contributed by atoms with Crippen LogP contribution >= 0.6 is 0 Å². The van der Waals surface area contributed by atoms with Gasteiger partial charge in [0.2, 0.25) is 0 Å². The van der Waals surface area contributed by atoms with E-state index in [0.29, 0.717) is 6.42 Å². The molecule has 6 nitrogen and oxygen atoms in total. The molecule has 0 saturated heterocycles. The molecular formula is C9H17N5O. The van der Waals surface area contributed by atoms with E-state index in [0.717, 1.165) is 26.1 Å². The summed E-state index contributed by atoms with van der Waals surface area (Å²) in [6.07, 6.45) is 5.29. The quantitative estimate of drug-likeness (QED) is 0.195. The molecule has 0 atom stereocenters. The van der Waals surface area contributed by atoms with Crippen molar-refractivity contribution < 1.29 is 5.21 Å². The van der Waals surface area contributed by atoms with Gasteiger partial charge in [-0.15, -0.1) is 0 Å². The summed E-state index contributed by atoms with van der Waals surface area (Å²) < 4.78 is 1.89. The number of rotatable bonds is 7. The number of oxime groups is 1. The number of aryl methyl sites for hydroxylation is 1. The molecule has 6 heteroatoms. The van der Waals surface area contributed by atoms with Gasteiger partial charge >= 0.3 is 0 Å². The van der Waals surface area contributed by atoms with Crippen LogP contribution in [0.2, 0.25) is 0 Å². The van der Waals surface area contributed by atoms with Crippen LogP contribution in [0.3, 0.4) is 0 Å². The van der Waals surface area contributed by atoms with Gasteiger partial charge in [0.15, 0.2) is 0 Å². The van der Waals surface area contributed by atoms with E-state index in [1.54, 1.807) is 6.20 Å². The van der Waals surface area contributed by atoms with Gasteiger partial charge in [-0.1, -0.05) is 5.16 Å². The molecule has 1 heterocycles. The lowest BCUT2D eigenvalue weighted by Gasteiger charge is -2.04. The topological polar surface area (TPSA) is 88.5 Å². The van der Waals surface area contributed by atoms with Crippen LogP contribution in [-0.2, 0) is 6.54 Å². The molecule has 0 amide bonds. The zero-order valence-corrected chi connectivity index (χ0v) is 8.63. The molecule has 0 radical (unpaired) electrons. The summed E-state index contributed by atoms with van der Waals surface area (Å²) in [6.45, 7) is 2.54. The number of nitrogens with two attached hydrogens (primary N) is 1. The SMILES string of the molecule is N/C(CCNCCCn1cccn1)=N/O. The van der Waals surface area contributed by atoms with Crippen LogP contribution in [0.4, 0.5) is 0 Å². The minimum atomic E-state index is 0.259. The van der Waals surface area contributed by atoms with Gasteiger partial charge in [-0.2, -0.15) is 5.10 Å². The van der Waals surface area contributed by atoms with Crippen molar-refractivity contribution in [1.29, 1.82) is 0 Å². The van der Waals surface area contributed by atoms with Crippen molar-refractivity contribution in [3.8, 4) is 0 Å². The zero-order valence-electron chi connectivity index (χ0n) is 8.63. The molecule has 0 unspecified atom stereocenters. The second-order valence-electron chi connectivity index (χ2n) is 3.21. The van der Waals surface area contributed by atoms with Crippen molar-refractivity contribution in [3.63, 3.8) is 0 Å². The number of hydrogen-bond donors (Lipinski definition) is 3. The highest BCUT2D eigenvalue weighted by Crippen LogP contribution is 1.87. The Bertz CT molecular complexity index is 283. The Balaban J connectivity index is 1.94. The first kappa shape index (κ1) is 11.5. The summed E-state index contributed by atoms with van der Waals surface area (Å²) in [7, 11) is 0. The fraction of sp³-hybridized carbons (Fsp3) is 0.556. The fourth-order valence-corrected chi connectivity index (χ4v) is 1.19. The molecule has 0 aliphatic rings. The summed E-state index contributed by atoms with van der Waals surface area (Å²) in [5.74, 6) is 0.259. The number of nitrogens with one attached hydrogen (secondary N) is 1. The second kappa shape index (κ2) is 6.83. The predicted octanol–water partition coefficient (Wildman–Crippen LogP) is -0.000700. The average molecular weight is 211 g/mol. The van der Waals surface area contributed by atoms with Crippen LogP contribution in [0.25, 0.3) is 0 Å². The van der Waals surface area contributed by atoms with Crippen molar-refractivity contribution in [1.82, 2.24) is 15.1 Å². The molecule has 1 aromatic heterocycles. The van der Waals surface area contributed by atoms with Crippen LogP contribution in [-0.4, -0.2) is 33.9 Å². The summed E-state index contributed by atoms with van der Waals surface area (Å²) in [5, 5.41) is 18.5. The highest BCUT2D eigenvalue weighted by molar-refractivity contribution is 5.79. The molecule has 0 fully saturated rings. The minimum absolute atomic E-state index is 0.259. The molecule has 0 aliphatic heterocycles. The van der Waals surface area contributed by atoms with Gasteiger partial charge in [-0.3, -0.25) is 4.68 Å². The number of nitrogens with zero attached hydrogens (tertiary/aromatic N) is 3. The lowest BCUT2D eigenvalue weighted by molar-refractivity contribution is 0.316. The summed E-state index contributed by atoms with van der Waals surface area (Å²) in [4.78, 5) is 0. The van der Waals surface area contributed by atoms with Crippen molar-refractivity contribution in [2.75, 3.05) is 13.1 Å². The van der Waals surface area contributed by atoms with Gasteiger partial charge < -0.3 is 16.3 Å². The van der Waals surface area contributed by atoms with Gasteiger partial charge in [0.05, 0.1) is 0 Å². The standard InChI is InChI=1S/C9H17N5O/c10-9(13-15)3-6-11-4-1-7-14-8-2-5-12-14/h2,5,8,11,15H,1,3-4,6-7H2,(H2,10,13). The van der Waals surface area contributed by atoms with E-state index in [1.807, 2.05) is 16.9 Å². The molecule has 15 heavy (non-hydrogen) atoms. The molecule has 1 rings (SSSR count). The monoisotopic (exact) mass is 211 g/mol.